The predicted octanol–water partition coefficient (Wildman–Crippen LogP) is 3.04. The molecule has 0 aliphatic carbocycles. The Balaban J connectivity index is 1.74. The molecule has 23 heavy (non-hydrogen) atoms. The molecule has 0 atom stereocenters. The largest absolute Gasteiger partial charge is 0.446 e. The van der Waals surface area contributed by atoms with Crippen molar-refractivity contribution >= 4 is 23.6 Å². The molecule has 8 heteroatoms. The van der Waals surface area contributed by atoms with E-state index in [4.69, 9.17) is 0 Å². The van der Waals surface area contributed by atoms with Crippen LogP contribution >= 0.6 is 11.8 Å². The molecule has 1 aromatic rings. The minimum absolute atomic E-state index is 0.0431. The van der Waals surface area contributed by atoms with Crippen LogP contribution in [0.2, 0.25) is 0 Å². The van der Waals surface area contributed by atoms with Gasteiger partial charge in [0, 0.05) is 36.5 Å². The van der Waals surface area contributed by atoms with E-state index in [1.54, 1.807) is 4.90 Å². The van der Waals surface area contributed by atoms with Gasteiger partial charge in [0.1, 0.15) is 0 Å². The van der Waals surface area contributed by atoms with Gasteiger partial charge in [-0.25, -0.2) is 0 Å². The van der Waals surface area contributed by atoms with Gasteiger partial charge in [-0.3, -0.25) is 9.59 Å². The Kier molecular flexibility index (Phi) is 5.92. The van der Waals surface area contributed by atoms with E-state index in [0.29, 0.717) is 31.5 Å². The fourth-order valence-electron chi connectivity index (χ4n) is 2.32. The van der Waals surface area contributed by atoms with Crippen molar-refractivity contribution in [3.63, 3.8) is 0 Å². The van der Waals surface area contributed by atoms with Gasteiger partial charge in [0.25, 0.3) is 5.91 Å². The van der Waals surface area contributed by atoms with Gasteiger partial charge in [0.2, 0.25) is 5.91 Å². The first kappa shape index (κ1) is 17.7. The lowest BCUT2D eigenvalue weighted by atomic mass is 10.2. The van der Waals surface area contributed by atoms with Crippen LogP contribution in [0.3, 0.4) is 0 Å². The maximum absolute atomic E-state index is 12.2. The number of thioether (sulfide) groups is 1. The molecule has 0 spiro atoms. The molecule has 1 fully saturated rings. The van der Waals surface area contributed by atoms with Crippen LogP contribution in [0, 0.1) is 0 Å². The van der Waals surface area contributed by atoms with Crippen molar-refractivity contribution in [1.82, 2.24) is 10.2 Å². The Morgan fingerprint density at radius 2 is 1.96 bits per heavy atom. The fourth-order valence-corrected chi connectivity index (χ4v) is 2.86. The average Bonchev–Trinajstić information content (AvgIpc) is 2.88. The van der Waals surface area contributed by atoms with Crippen molar-refractivity contribution < 1.29 is 22.8 Å². The van der Waals surface area contributed by atoms with Gasteiger partial charge in [0.15, 0.2) is 0 Å². The van der Waals surface area contributed by atoms with E-state index in [1.807, 2.05) is 0 Å². The van der Waals surface area contributed by atoms with Gasteiger partial charge in [0.05, 0.1) is 0 Å². The summed E-state index contributed by atoms with van der Waals surface area (Å²) in [7, 11) is 0. The Bertz CT molecular complexity index is 561. The normalized spacial score (nSPS) is 15.1. The van der Waals surface area contributed by atoms with E-state index in [-0.39, 0.29) is 28.5 Å². The summed E-state index contributed by atoms with van der Waals surface area (Å²) in [4.78, 5) is 25.1. The molecule has 4 nitrogen and oxygen atoms in total. The lowest BCUT2D eigenvalue weighted by Gasteiger charge is -2.15. The molecule has 1 heterocycles. The summed E-state index contributed by atoms with van der Waals surface area (Å²) in [5.41, 5.74) is -4.02. The smallest absolute Gasteiger partial charge is 0.352 e. The number of hydrogen-bond acceptors (Lipinski definition) is 3. The number of hydrogen-bond donors (Lipinski definition) is 1. The molecule has 126 valence electrons. The van der Waals surface area contributed by atoms with E-state index in [9.17, 15) is 22.8 Å². The second-order valence-corrected chi connectivity index (χ2v) is 6.30. The second kappa shape index (κ2) is 7.72. The third kappa shape index (κ3) is 5.78. The zero-order valence-corrected chi connectivity index (χ0v) is 13.2. The molecule has 0 unspecified atom stereocenters. The number of carbonyl (C=O) groups excluding carboxylic acids is 2. The summed E-state index contributed by atoms with van der Waals surface area (Å²) in [6.45, 7) is 1.80. The van der Waals surface area contributed by atoms with E-state index in [1.165, 1.54) is 24.3 Å². The van der Waals surface area contributed by atoms with Gasteiger partial charge < -0.3 is 10.2 Å². The number of rotatable bonds is 6. The van der Waals surface area contributed by atoms with Crippen LogP contribution in [-0.4, -0.2) is 41.9 Å². The quantitative estimate of drug-likeness (QED) is 0.636. The number of amides is 2. The molecule has 1 saturated heterocycles. The molecule has 0 radical (unpaired) electrons. The standard InChI is InChI=1S/C15H17F3N2O2S/c16-15(17,18)23-12-6-4-11(5-7-12)14(22)19-8-2-10-20-9-1-3-13(20)21/h4-7H,1-3,8-10H2,(H,19,22). The first-order valence-electron chi connectivity index (χ1n) is 7.27. The SMILES string of the molecule is O=C(NCCCN1CCCC1=O)c1ccc(SC(F)(F)F)cc1. The zero-order chi connectivity index (χ0) is 16.9. The van der Waals surface area contributed by atoms with Crippen molar-refractivity contribution in [2.45, 2.75) is 29.7 Å². The van der Waals surface area contributed by atoms with Crippen LogP contribution in [0.25, 0.3) is 0 Å². The third-order valence-corrected chi connectivity index (χ3v) is 4.15. The Hall–Kier alpha value is -1.70. The molecule has 1 aliphatic heterocycles. The number of alkyl halides is 3. The first-order valence-corrected chi connectivity index (χ1v) is 8.08. The number of benzene rings is 1. The van der Waals surface area contributed by atoms with Crippen molar-refractivity contribution in [2.75, 3.05) is 19.6 Å². The molecule has 0 saturated carbocycles. The summed E-state index contributed by atoms with van der Waals surface area (Å²) >= 11 is -0.212. The highest BCUT2D eigenvalue weighted by Gasteiger charge is 2.29. The maximum Gasteiger partial charge on any atom is 0.446 e. The third-order valence-electron chi connectivity index (χ3n) is 3.41. The Morgan fingerprint density at radius 3 is 2.52 bits per heavy atom. The summed E-state index contributed by atoms with van der Waals surface area (Å²) in [5.74, 6) is -0.185. The molecule has 1 aliphatic rings. The molecule has 0 aromatic heterocycles. The van der Waals surface area contributed by atoms with E-state index in [0.717, 1.165) is 13.0 Å². The topological polar surface area (TPSA) is 49.4 Å². The van der Waals surface area contributed by atoms with Crippen molar-refractivity contribution in [2.24, 2.45) is 0 Å². The van der Waals surface area contributed by atoms with E-state index in [2.05, 4.69) is 5.32 Å². The fraction of sp³-hybridized carbons (Fsp3) is 0.467. The first-order chi connectivity index (χ1) is 10.8. The number of nitrogens with one attached hydrogen (secondary N) is 1. The van der Waals surface area contributed by atoms with Crippen LogP contribution in [-0.2, 0) is 4.79 Å². The van der Waals surface area contributed by atoms with E-state index >= 15 is 0 Å². The summed E-state index contributed by atoms with van der Waals surface area (Å²) < 4.78 is 36.7. The van der Waals surface area contributed by atoms with Gasteiger partial charge in [-0.05, 0) is 48.9 Å². The summed E-state index contributed by atoms with van der Waals surface area (Å²) in [6.07, 6.45) is 2.13. The monoisotopic (exact) mass is 346 g/mol. The van der Waals surface area contributed by atoms with Crippen molar-refractivity contribution in [1.29, 1.82) is 0 Å². The highest BCUT2D eigenvalue weighted by atomic mass is 32.2. The minimum atomic E-state index is -4.34. The van der Waals surface area contributed by atoms with Crippen molar-refractivity contribution in [3.05, 3.63) is 29.8 Å². The number of halogens is 3. The molecule has 2 amide bonds. The minimum Gasteiger partial charge on any atom is -0.352 e. The van der Waals surface area contributed by atoms with Gasteiger partial charge in [-0.2, -0.15) is 13.2 Å². The summed E-state index contributed by atoms with van der Waals surface area (Å²) in [6, 6.07) is 5.28. The molecule has 2 rings (SSSR count). The number of likely N-dealkylation sites (tertiary alicyclic amines) is 1. The van der Waals surface area contributed by atoms with Crippen LogP contribution in [0.1, 0.15) is 29.6 Å². The van der Waals surface area contributed by atoms with Crippen LogP contribution in [0.4, 0.5) is 13.2 Å². The van der Waals surface area contributed by atoms with E-state index < -0.39 is 5.51 Å². The van der Waals surface area contributed by atoms with Gasteiger partial charge in [-0.1, -0.05) is 0 Å². The molecular weight excluding hydrogens is 329 g/mol. The lowest BCUT2D eigenvalue weighted by molar-refractivity contribution is -0.127. The Labute approximate surface area is 136 Å². The number of carbonyl (C=O) groups is 2. The van der Waals surface area contributed by atoms with Gasteiger partial charge >= 0.3 is 5.51 Å². The molecule has 1 N–H and O–H groups in total. The van der Waals surface area contributed by atoms with Crippen LogP contribution in [0.5, 0.6) is 0 Å². The average molecular weight is 346 g/mol. The molecule has 1 aromatic carbocycles. The van der Waals surface area contributed by atoms with Gasteiger partial charge in [-0.15, -0.1) is 0 Å². The predicted molar refractivity (Wildman–Crippen MR) is 81.1 cm³/mol. The summed E-state index contributed by atoms with van der Waals surface area (Å²) in [5, 5.41) is 2.70. The zero-order valence-electron chi connectivity index (χ0n) is 12.4. The molecule has 0 bridgehead atoms. The second-order valence-electron chi connectivity index (χ2n) is 5.17. The highest BCUT2D eigenvalue weighted by molar-refractivity contribution is 8.00. The number of nitrogens with zero attached hydrogens (tertiary/aromatic N) is 1. The Morgan fingerprint density at radius 1 is 1.26 bits per heavy atom. The van der Waals surface area contributed by atoms with Crippen molar-refractivity contribution in [3.8, 4) is 0 Å². The van der Waals surface area contributed by atoms with Crippen LogP contribution < -0.4 is 5.32 Å². The lowest BCUT2D eigenvalue weighted by Crippen LogP contribution is -2.30. The molecular formula is C15H17F3N2O2S. The maximum atomic E-state index is 12.2. The highest BCUT2D eigenvalue weighted by Crippen LogP contribution is 2.36. The van der Waals surface area contributed by atoms with Crippen LogP contribution in [0.15, 0.2) is 29.2 Å².